The van der Waals surface area contributed by atoms with Gasteiger partial charge in [0, 0.05) is 17.7 Å². The van der Waals surface area contributed by atoms with Gasteiger partial charge in [-0.3, -0.25) is 14.9 Å². The number of carbonyl (C=O) groups excluding carboxylic acids is 1. The van der Waals surface area contributed by atoms with Crippen LogP contribution in [0.1, 0.15) is 22.8 Å². The zero-order valence-corrected chi connectivity index (χ0v) is 11.8. The van der Waals surface area contributed by atoms with E-state index in [9.17, 15) is 20.2 Å². The molecule has 2 aromatic rings. The number of rotatable bonds is 4. The molecule has 0 saturated heterocycles. The van der Waals surface area contributed by atoms with Crippen molar-refractivity contribution in [1.29, 1.82) is 5.26 Å². The molecule has 2 rings (SSSR count). The Hall–Kier alpha value is -3.26. The predicted octanol–water partition coefficient (Wildman–Crippen LogP) is 3.77. The number of nitro groups is 1. The molecule has 2 aromatic carbocycles. The first kappa shape index (κ1) is 15.1. The van der Waals surface area contributed by atoms with Crippen LogP contribution in [0.3, 0.4) is 0 Å². The fraction of sp³-hybridized carbons (Fsp3) is 0.0588. The van der Waals surface area contributed by atoms with Gasteiger partial charge in [-0.1, -0.05) is 30.3 Å². The van der Waals surface area contributed by atoms with Gasteiger partial charge in [-0.2, -0.15) is 5.26 Å². The lowest BCUT2D eigenvalue weighted by atomic mass is 9.96. The Morgan fingerprint density at radius 3 is 2.14 bits per heavy atom. The molecular weight excluding hydrogens is 280 g/mol. The van der Waals surface area contributed by atoms with Crippen LogP contribution in [-0.2, 0) is 0 Å². The van der Waals surface area contributed by atoms with E-state index in [1.807, 2.05) is 6.07 Å². The number of nitrogens with zero attached hydrogens (tertiary/aromatic N) is 2. The summed E-state index contributed by atoms with van der Waals surface area (Å²) in [7, 11) is 0. The summed E-state index contributed by atoms with van der Waals surface area (Å²) in [6.07, 6.45) is 0. The highest BCUT2D eigenvalue weighted by atomic mass is 16.6. The lowest BCUT2D eigenvalue weighted by Gasteiger charge is -2.05. The fourth-order valence-corrected chi connectivity index (χ4v) is 2.02. The number of Topliss-reactive ketones (excluding diaryl/α,β-unsaturated/α-hetero) is 1. The van der Waals surface area contributed by atoms with E-state index >= 15 is 0 Å². The molecule has 0 unspecified atom stereocenters. The molecule has 5 nitrogen and oxygen atoms in total. The zero-order valence-electron chi connectivity index (χ0n) is 11.8. The lowest BCUT2D eigenvalue weighted by Crippen LogP contribution is -2.04. The van der Waals surface area contributed by atoms with Crippen molar-refractivity contribution in [3.63, 3.8) is 0 Å². The largest absolute Gasteiger partial charge is 0.288 e. The zero-order chi connectivity index (χ0) is 16.1. The fourth-order valence-electron chi connectivity index (χ4n) is 2.02. The van der Waals surface area contributed by atoms with Gasteiger partial charge in [0.25, 0.3) is 5.69 Å². The predicted molar refractivity (Wildman–Crippen MR) is 82.1 cm³/mol. The molecule has 22 heavy (non-hydrogen) atoms. The number of nitriles is 1. The van der Waals surface area contributed by atoms with Crippen LogP contribution in [0.15, 0.2) is 60.2 Å². The van der Waals surface area contributed by atoms with Gasteiger partial charge in [0.2, 0.25) is 5.78 Å². The minimum Gasteiger partial charge on any atom is -0.288 e. The van der Waals surface area contributed by atoms with Crippen LogP contribution < -0.4 is 0 Å². The van der Waals surface area contributed by atoms with E-state index in [1.165, 1.54) is 24.3 Å². The van der Waals surface area contributed by atoms with Gasteiger partial charge in [0.1, 0.15) is 11.6 Å². The quantitative estimate of drug-likeness (QED) is 0.282. The smallest absolute Gasteiger partial charge is 0.269 e. The van der Waals surface area contributed by atoms with E-state index < -0.39 is 4.92 Å². The number of nitro benzene ring substituents is 1. The Morgan fingerprint density at radius 2 is 1.64 bits per heavy atom. The molecule has 0 aliphatic heterocycles. The van der Waals surface area contributed by atoms with E-state index in [1.54, 1.807) is 37.3 Å². The van der Waals surface area contributed by atoms with E-state index in [-0.39, 0.29) is 17.0 Å². The van der Waals surface area contributed by atoms with Crippen molar-refractivity contribution >= 4 is 17.0 Å². The van der Waals surface area contributed by atoms with E-state index in [4.69, 9.17) is 0 Å². The van der Waals surface area contributed by atoms with Crippen molar-refractivity contribution in [2.24, 2.45) is 0 Å². The highest BCUT2D eigenvalue weighted by Gasteiger charge is 2.16. The van der Waals surface area contributed by atoms with E-state index in [0.29, 0.717) is 16.7 Å². The number of benzene rings is 2. The van der Waals surface area contributed by atoms with Crippen molar-refractivity contribution in [1.82, 2.24) is 0 Å². The highest BCUT2D eigenvalue weighted by Crippen LogP contribution is 2.23. The topological polar surface area (TPSA) is 84.0 Å². The number of carbonyl (C=O) groups is 1. The monoisotopic (exact) mass is 292 g/mol. The molecular formula is C17H12N2O3. The van der Waals surface area contributed by atoms with Crippen molar-refractivity contribution in [2.75, 3.05) is 0 Å². The summed E-state index contributed by atoms with van der Waals surface area (Å²) in [6, 6.07) is 16.2. The van der Waals surface area contributed by atoms with Crippen molar-refractivity contribution < 1.29 is 9.72 Å². The maximum atomic E-state index is 12.4. The maximum Gasteiger partial charge on any atom is 0.269 e. The van der Waals surface area contributed by atoms with Gasteiger partial charge in [-0.05, 0) is 30.2 Å². The molecule has 108 valence electrons. The average molecular weight is 292 g/mol. The van der Waals surface area contributed by atoms with Crippen LogP contribution in [0.4, 0.5) is 5.69 Å². The number of allylic oxidation sites excluding steroid dienone is 2. The van der Waals surface area contributed by atoms with E-state index in [2.05, 4.69) is 0 Å². The second kappa shape index (κ2) is 6.46. The third-order valence-electron chi connectivity index (χ3n) is 3.26. The van der Waals surface area contributed by atoms with E-state index in [0.717, 1.165) is 0 Å². The molecule has 0 heterocycles. The van der Waals surface area contributed by atoms with Crippen LogP contribution in [-0.4, -0.2) is 10.7 Å². The van der Waals surface area contributed by atoms with Gasteiger partial charge in [0.05, 0.1) is 4.92 Å². The Morgan fingerprint density at radius 1 is 1.05 bits per heavy atom. The Bertz CT molecular complexity index is 785. The average Bonchev–Trinajstić information content (AvgIpc) is 2.56. The molecule has 0 saturated carbocycles. The molecule has 0 radical (unpaired) electrons. The number of hydrogen-bond acceptors (Lipinski definition) is 4. The Balaban J connectivity index is 2.43. The molecule has 0 spiro atoms. The Labute approximate surface area is 127 Å². The minimum absolute atomic E-state index is 0.0278. The van der Waals surface area contributed by atoms with Crippen molar-refractivity contribution in [2.45, 2.75) is 6.92 Å². The maximum absolute atomic E-state index is 12.4. The van der Waals surface area contributed by atoms with Gasteiger partial charge >= 0.3 is 0 Å². The standard InChI is InChI=1S/C17H12N2O3/c1-12(13-7-9-15(10-8-13)19(21)22)16(11-18)17(20)14-5-3-2-4-6-14/h2-10H,1H3/b16-12-. The molecule has 0 amide bonds. The van der Waals surface area contributed by atoms with Crippen molar-refractivity contribution in [3.05, 3.63) is 81.4 Å². The number of ketones is 1. The third kappa shape index (κ3) is 3.07. The molecule has 0 aliphatic rings. The summed E-state index contributed by atoms with van der Waals surface area (Å²) >= 11 is 0. The summed E-state index contributed by atoms with van der Waals surface area (Å²) in [5.41, 5.74) is 1.52. The highest BCUT2D eigenvalue weighted by molar-refractivity contribution is 6.15. The number of hydrogen-bond donors (Lipinski definition) is 0. The summed E-state index contributed by atoms with van der Waals surface area (Å²) in [5.74, 6) is -0.362. The van der Waals surface area contributed by atoms with Gasteiger partial charge < -0.3 is 0 Å². The van der Waals surface area contributed by atoms with Crippen LogP contribution in [0.25, 0.3) is 5.57 Å². The van der Waals surface area contributed by atoms with Gasteiger partial charge in [-0.15, -0.1) is 0 Å². The van der Waals surface area contributed by atoms with Gasteiger partial charge in [-0.25, -0.2) is 0 Å². The normalized spacial score (nSPS) is 11.3. The molecule has 0 atom stereocenters. The minimum atomic E-state index is -0.497. The van der Waals surface area contributed by atoms with Gasteiger partial charge in [0.15, 0.2) is 0 Å². The summed E-state index contributed by atoms with van der Waals surface area (Å²) < 4.78 is 0. The number of non-ortho nitro benzene ring substituents is 1. The molecule has 0 fully saturated rings. The molecule has 5 heteroatoms. The van der Waals surface area contributed by atoms with Crippen LogP contribution in [0.2, 0.25) is 0 Å². The molecule has 0 N–H and O–H groups in total. The first-order valence-corrected chi connectivity index (χ1v) is 6.50. The summed E-state index contributed by atoms with van der Waals surface area (Å²) in [6.45, 7) is 1.65. The first-order valence-electron chi connectivity index (χ1n) is 6.50. The molecule has 0 bridgehead atoms. The second-order valence-electron chi connectivity index (χ2n) is 4.61. The van der Waals surface area contributed by atoms with Crippen molar-refractivity contribution in [3.8, 4) is 6.07 Å². The summed E-state index contributed by atoms with van der Waals surface area (Å²) in [5, 5.41) is 19.9. The third-order valence-corrected chi connectivity index (χ3v) is 3.26. The van der Waals surface area contributed by atoms with Crippen LogP contribution in [0.5, 0.6) is 0 Å². The van der Waals surface area contributed by atoms with Crippen LogP contribution >= 0.6 is 0 Å². The lowest BCUT2D eigenvalue weighted by molar-refractivity contribution is -0.384. The SMILES string of the molecule is C/C(=C(\C#N)C(=O)c1ccccc1)c1ccc([N+](=O)[O-])cc1. The molecule has 0 aromatic heterocycles. The Kier molecular flexibility index (Phi) is 4.44. The first-order chi connectivity index (χ1) is 10.5. The van der Waals surface area contributed by atoms with Crippen LogP contribution in [0, 0.1) is 21.4 Å². The molecule has 0 aliphatic carbocycles. The second-order valence-corrected chi connectivity index (χ2v) is 4.61. The summed E-state index contributed by atoms with van der Waals surface area (Å²) in [4.78, 5) is 22.5.